The van der Waals surface area contributed by atoms with E-state index in [0.29, 0.717) is 6.61 Å². The molecule has 0 aliphatic carbocycles. The molecule has 0 aromatic carbocycles. The van der Waals surface area contributed by atoms with E-state index in [0.717, 1.165) is 24.4 Å². The lowest BCUT2D eigenvalue weighted by atomic mass is 10.0. The molecule has 0 saturated heterocycles. The van der Waals surface area contributed by atoms with Gasteiger partial charge in [-0.1, -0.05) is 6.92 Å². The molecule has 0 bridgehead atoms. The molecule has 1 aliphatic rings. The molecule has 0 spiro atoms. The van der Waals surface area contributed by atoms with E-state index in [1.807, 2.05) is 6.92 Å². The molecule has 0 saturated carbocycles. The highest BCUT2D eigenvalue weighted by atomic mass is 16.5. The second kappa shape index (κ2) is 3.92. The molecular weight excluding hydrogens is 196 g/mol. The number of rotatable bonds is 3. The first-order valence-electron chi connectivity index (χ1n) is 5.09. The molecule has 0 amide bonds. The number of aliphatic carboxylic acids is 1. The van der Waals surface area contributed by atoms with Crippen LogP contribution in [0.1, 0.15) is 31.2 Å². The molecule has 1 aliphatic heterocycles. The molecule has 15 heavy (non-hydrogen) atoms. The fraction of sp³-hybridized carbons (Fsp3) is 0.600. The second-order valence-electron chi connectivity index (χ2n) is 3.83. The third-order valence-electron chi connectivity index (χ3n) is 2.58. The van der Waals surface area contributed by atoms with Crippen molar-refractivity contribution in [2.24, 2.45) is 0 Å². The van der Waals surface area contributed by atoms with Crippen LogP contribution in [0.3, 0.4) is 0 Å². The summed E-state index contributed by atoms with van der Waals surface area (Å²) in [4.78, 5) is 10.6. The highest BCUT2D eigenvalue weighted by Gasteiger charge is 2.21. The summed E-state index contributed by atoms with van der Waals surface area (Å²) in [5.74, 6) is -0.0994. The number of nitrogens with zero attached hydrogens (tertiary/aromatic N) is 2. The zero-order chi connectivity index (χ0) is 10.8. The summed E-state index contributed by atoms with van der Waals surface area (Å²) in [6.07, 6.45) is 2.79. The maximum atomic E-state index is 10.6. The highest BCUT2D eigenvalue weighted by Crippen LogP contribution is 2.30. The summed E-state index contributed by atoms with van der Waals surface area (Å²) >= 11 is 0. The minimum atomic E-state index is -0.793. The predicted molar refractivity (Wildman–Crippen MR) is 53.0 cm³/mol. The Labute approximate surface area is 87.7 Å². The smallest absolute Gasteiger partial charge is 0.303 e. The van der Waals surface area contributed by atoms with Gasteiger partial charge in [0, 0.05) is 18.5 Å². The number of carbonyl (C=O) groups is 1. The Morgan fingerprint density at radius 1 is 1.80 bits per heavy atom. The third kappa shape index (κ3) is 1.95. The number of carboxylic acids is 1. The Balaban J connectivity index is 2.20. The van der Waals surface area contributed by atoms with Crippen LogP contribution in [0.4, 0.5) is 0 Å². The van der Waals surface area contributed by atoms with Gasteiger partial charge < -0.3 is 9.84 Å². The van der Waals surface area contributed by atoms with Crippen molar-refractivity contribution >= 4 is 5.97 Å². The van der Waals surface area contributed by atoms with Gasteiger partial charge in [-0.15, -0.1) is 0 Å². The molecule has 5 nitrogen and oxygen atoms in total. The van der Waals surface area contributed by atoms with E-state index in [1.165, 1.54) is 0 Å². The summed E-state index contributed by atoms with van der Waals surface area (Å²) in [6, 6.07) is 0. The number of fused-ring (bicyclic) bond motifs is 1. The van der Waals surface area contributed by atoms with Gasteiger partial charge in [0.2, 0.25) is 5.88 Å². The van der Waals surface area contributed by atoms with Crippen LogP contribution in [0.15, 0.2) is 6.20 Å². The zero-order valence-corrected chi connectivity index (χ0v) is 8.64. The number of aromatic nitrogens is 2. The van der Waals surface area contributed by atoms with Crippen molar-refractivity contribution < 1.29 is 14.6 Å². The largest absolute Gasteiger partial charge is 0.481 e. The molecule has 5 heteroatoms. The summed E-state index contributed by atoms with van der Waals surface area (Å²) in [5, 5.41) is 12.9. The summed E-state index contributed by atoms with van der Waals surface area (Å²) in [6.45, 7) is 3.43. The van der Waals surface area contributed by atoms with Gasteiger partial charge in [0.1, 0.15) is 0 Å². The average Bonchev–Trinajstić information content (AvgIpc) is 2.59. The van der Waals surface area contributed by atoms with Crippen molar-refractivity contribution in [3.05, 3.63) is 11.8 Å². The van der Waals surface area contributed by atoms with Crippen molar-refractivity contribution in [1.29, 1.82) is 0 Å². The highest BCUT2D eigenvalue weighted by molar-refractivity contribution is 5.68. The van der Waals surface area contributed by atoms with E-state index in [-0.39, 0.29) is 12.3 Å². The number of aryl methyl sites for hydroxylation is 1. The van der Waals surface area contributed by atoms with Crippen LogP contribution in [0.2, 0.25) is 0 Å². The monoisotopic (exact) mass is 210 g/mol. The van der Waals surface area contributed by atoms with Crippen LogP contribution < -0.4 is 4.74 Å². The predicted octanol–water partition coefficient (Wildman–Crippen LogP) is 1.24. The van der Waals surface area contributed by atoms with Gasteiger partial charge in [-0.3, -0.25) is 4.79 Å². The van der Waals surface area contributed by atoms with E-state index in [9.17, 15) is 4.79 Å². The maximum absolute atomic E-state index is 10.6. The molecule has 82 valence electrons. The van der Waals surface area contributed by atoms with Gasteiger partial charge in [0.25, 0.3) is 0 Å². The second-order valence-corrected chi connectivity index (χ2v) is 3.83. The van der Waals surface area contributed by atoms with Crippen LogP contribution in [-0.2, 0) is 11.3 Å². The molecule has 2 heterocycles. The normalized spacial score (nSPS) is 16.6. The van der Waals surface area contributed by atoms with Crippen LogP contribution in [-0.4, -0.2) is 27.5 Å². The molecule has 1 atom stereocenters. The first-order chi connectivity index (χ1) is 7.18. The van der Waals surface area contributed by atoms with Gasteiger partial charge in [-0.25, -0.2) is 4.68 Å². The van der Waals surface area contributed by atoms with Crippen molar-refractivity contribution in [2.45, 2.75) is 32.2 Å². The van der Waals surface area contributed by atoms with Crippen molar-refractivity contribution in [2.75, 3.05) is 6.61 Å². The average molecular weight is 210 g/mol. The van der Waals surface area contributed by atoms with E-state index in [2.05, 4.69) is 5.10 Å². The third-order valence-corrected chi connectivity index (χ3v) is 2.58. The first kappa shape index (κ1) is 10.0. The van der Waals surface area contributed by atoms with Gasteiger partial charge in [0.15, 0.2) is 0 Å². The molecule has 1 aromatic heterocycles. The number of ether oxygens (including phenoxy) is 1. The summed E-state index contributed by atoms with van der Waals surface area (Å²) in [5.41, 5.74) is 0.900. The van der Waals surface area contributed by atoms with E-state index in [4.69, 9.17) is 9.84 Å². The lowest BCUT2D eigenvalue weighted by Crippen LogP contribution is -2.16. The van der Waals surface area contributed by atoms with E-state index >= 15 is 0 Å². The van der Waals surface area contributed by atoms with Crippen LogP contribution >= 0.6 is 0 Å². The van der Waals surface area contributed by atoms with Crippen LogP contribution in [0.5, 0.6) is 5.88 Å². The Kier molecular flexibility index (Phi) is 2.62. The topological polar surface area (TPSA) is 64.3 Å². The number of hydrogen-bond acceptors (Lipinski definition) is 3. The molecule has 0 fully saturated rings. The fourth-order valence-electron chi connectivity index (χ4n) is 1.80. The SMILES string of the molecule is CC(CC(=O)O)c1cnn2c1OCCC2. The zero-order valence-electron chi connectivity index (χ0n) is 8.64. The van der Waals surface area contributed by atoms with Crippen molar-refractivity contribution in [3.63, 3.8) is 0 Å². The molecule has 2 rings (SSSR count). The Hall–Kier alpha value is -1.52. The summed E-state index contributed by atoms with van der Waals surface area (Å²) < 4.78 is 7.31. The van der Waals surface area contributed by atoms with Gasteiger partial charge in [-0.2, -0.15) is 5.10 Å². The van der Waals surface area contributed by atoms with E-state index in [1.54, 1.807) is 10.9 Å². The Morgan fingerprint density at radius 3 is 3.33 bits per heavy atom. The molecule has 0 radical (unpaired) electrons. The van der Waals surface area contributed by atoms with Crippen molar-refractivity contribution in [3.8, 4) is 5.88 Å². The minimum Gasteiger partial charge on any atom is -0.481 e. The van der Waals surface area contributed by atoms with Crippen LogP contribution in [0, 0.1) is 0 Å². The van der Waals surface area contributed by atoms with Crippen LogP contribution in [0.25, 0.3) is 0 Å². The van der Waals surface area contributed by atoms with Gasteiger partial charge in [-0.05, 0) is 5.92 Å². The Morgan fingerprint density at radius 2 is 2.60 bits per heavy atom. The first-order valence-corrected chi connectivity index (χ1v) is 5.09. The minimum absolute atomic E-state index is 0.0515. The molecule has 1 aromatic rings. The molecule has 1 unspecified atom stereocenters. The Bertz CT molecular complexity index is 373. The summed E-state index contributed by atoms with van der Waals surface area (Å²) in [7, 11) is 0. The fourth-order valence-corrected chi connectivity index (χ4v) is 1.80. The number of hydrogen-bond donors (Lipinski definition) is 1. The lowest BCUT2D eigenvalue weighted by Gasteiger charge is -2.17. The standard InChI is InChI=1S/C10H14N2O3/c1-7(5-9(13)14)8-6-11-12-3-2-4-15-10(8)12/h6-7H,2-5H2,1H3,(H,13,14). The molecule has 1 N–H and O–H groups in total. The lowest BCUT2D eigenvalue weighted by molar-refractivity contribution is -0.137. The van der Waals surface area contributed by atoms with E-state index < -0.39 is 5.97 Å². The molecular formula is C10H14N2O3. The maximum Gasteiger partial charge on any atom is 0.303 e. The van der Waals surface area contributed by atoms with Gasteiger partial charge >= 0.3 is 5.97 Å². The quantitative estimate of drug-likeness (QED) is 0.815. The van der Waals surface area contributed by atoms with Gasteiger partial charge in [0.05, 0.1) is 19.2 Å². The van der Waals surface area contributed by atoms with Crippen molar-refractivity contribution in [1.82, 2.24) is 9.78 Å². The number of carboxylic acid groups (broad SMARTS) is 1.